The van der Waals surface area contributed by atoms with Crippen molar-refractivity contribution in [3.63, 3.8) is 0 Å². The number of benzene rings is 1. The largest absolute Gasteiger partial charge is 0.469 e. The predicted octanol–water partition coefficient (Wildman–Crippen LogP) is 2.48. The van der Waals surface area contributed by atoms with Crippen molar-refractivity contribution in [2.45, 2.75) is 44.2 Å². The van der Waals surface area contributed by atoms with Gasteiger partial charge in [-0.2, -0.15) is 13.2 Å². The third kappa shape index (κ3) is 2.92. The molecule has 176 valence electrons. The van der Waals surface area contributed by atoms with Crippen LogP contribution in [-0.2, 0) is 30.0 Å². The number of aryl methyl sites for hydroxylation is 1. The van der Waals surface area contributed by atoms with Crippen LogP contribution in [0.15, 0.2) is 18.2 Å². The molecule has 0 aromatic heterocycles. The number of hydrogen-bond acceptors (Lipinski definition) is 6. The lowest BCUT2D eigenvalue weighted by Crippen LogP contribution is -2.61. The Labute approximate surface area is 189 Å². The van der Waals surface area contributed by atoms with Crippen molar-refractivity contribution in [2.24, 2.45) is 17.8 Å². The minimum absolute atomic E-state index is 0. The third-order valence-corrected chi connectivity index (χ3v) is 7.10. The van der Waals surface area contributed by atoms with Gasteiger partial charge in [-0.05, 0) is 45.5 Å². The highest BCUT2D eigenvalue weighted by molar-refractivity contribution is 6.23. The van der Waals surface area contributed by atoms with E-state index in [4.69, 9.17) is 9.47 Å². The summed E-state index contributed by atoms with van der Waals surface area (Å²) in [6.45, 7) is 4.54. The minimum atomic E-state index is -4.63. The van der Waals surface area contributed by atoms with Crippen LogP contribution < -0.4 is 10.2 Å². The molecule has 1 aromatic rings. The van der Waals surface area contributed by atoms with E-state index in [1.165, 1.54) is 26.2 Å². The number of methoxy groups -OCH3 is 1. The summed E-state index contributed by atoms with van der Waals surface area (Å²) in [5, 5.41) is 3.01. The van der Waals surface area contributed by atoms with E-state index >= 15 is 0 Å². The van der Waals surface area contributed by atoms with Gasteiger partial charge in [0.25, 0.3) is 0 Å². The van der Waals surface area contributed by atoms with Crippen molar-refractivity contribution in [3.8, 4) is 0 Å². The summed E-state index contributed by atoms with van der Waals surface area (Å²) in [6.07, 6.45) is -4.63. The lowest BCUT2D eigenvalue weighted by molar-refractivity contribution is -0.154. The molecule has 32 heavy (non-hydrogen) atoms. The van der Waals surface area contributed by atoms with Gasteiger partial charge in [-0.1, -0.05) is 6.07 Å². The molecule has 0 saturated carbocycles. The number of nitrogens with zero attached hydrogens (tertiary/aromatic N) is 1. The first-order valence-electron chi connectivity index (χ1n) is 9.83. The molecule has 4 rings (SSSR count). The molecule has 0 spiro atoms. The number of likely N-dealkylation sites (N-methyl/N-ethyl adjacent to an activating group) is 1. The maximum Gasteiger partial charge on any atom is 0.416 e. The first kappa shape index (κ1) is 24.5. The number of rotatable bonds is 3. The predicted molar refractivity (Wildman–Crippen MR) is 109 cm³/mol. The number of halogens is 4. The topological polar surface area (TPSA) is 84.9 Å². The van der Waals surface area contributed by atoms with Gasteiger partial charge in [0.1, 0.15) is 5.92 Å². The number of esters is 1. The Kier molecular flexibility index (Phi) is 5.68. The summed E-state index contributed by atoms with van der Waals surface area (Å²) < 4.78 is 51.3. The molecule has 7 nitrogen and oxygen atoms in total. The zero-order valence-corrected chi connectivity index (χ0v) is 18.9. The van der Waals surface area contributed by atoms with Gasteiger partial charge in [-0.25, -0.2) is 4.90 Å². The maximum absolute atomic E-state index is 13.4. The second-order valence-corrected chi connectivity index (χ2v) is 8.70. The average Bonchev–Trinajstić information content (AvgIpc) is 3.19. The Morgan fingerprint density at radius 1 is 1.16 bits per heavy atom. The van der Waals surface area contributed by atoms with Crippen molar-refractivity contribution in [3.05, 3.63) is 29.3 Å². The van der Waals surface area contributed by atoms with Crippen LogP contribution in [0.25, 0.3) is 0 Å². The molecule has 11 heteroatoms. The minimum Gasteiger partial charge on any atom is -0.469 e. The fourth-order valence-corrected chi connectivity index (χ4v) is 5.86. The number of carbonyl (C=O) groups excluding carboxylic acids is 3. The van der Waals surface area contributed by atoms with Crippen LogP contribution >= 0.6 is 12.4 Å². The molecule has 3 fully saturated rings. The van der Waals surface area contributed by atoms with Crippen LogP contribution in [0.4, 0.5) is 18.9 Å². The standard InChI is InChI=1S/C21H23F3N2O5.ClH/c1-9-6-7-10(8-11(9)21(22,23)24)26-16(27)12-13(17(26)28)20(3)15(25-4)14(18(29)30-5)19(12,2)31-20;/h6-8,12-15,25H,1-5H3;1H/t12-,13+,14-,15+,19?,20?;/m0./s1. The Morgan fingerprint density at radius 3 is 2.22 bits per heavy atom. The number of imide groups is 1. The number of amides is 2. The molecule has 3 saturated heterocycles. The second kappa shape index (κ2) is 7.43. The highest BCUT2D eigenvalue weighted by Crippen LogP contribution is 2.63. The van der Waals surface area contributed by atoms with Crippen LogP contribution in [0, 0.1) is 24.7 Å². The summed E-state index contributed by atoms with van der Waals surface area (Å²) in [6, 6.07) is 2.75. The van der Waals surface area contributed by atoms with Crippen LogP contribution in [0.5, 0.6) is 0 Å². The van der Waals surface area contributed by atoms with E-state index in [-0.39, 0.29) is 23.7 Å². The second-order valence-electron chi connectivity index (χ2n) is 8.70. The molecule has 2 unspecified atom stereocenters. The Hall–Kier alpha value is -2.17. The number of ether oxygens (including phenoxy) is 2. The lowest BCUT2D eigenvalue weighted by atomic mass is 9.61. The van der Waals surface area contributed by atoms with Crippen molar-refractivity contribution < 1.29 is 37.0 Å². The Bertz CT molecular complexity index is 1000. The van der Waals surface area contributed by atoms with Crippen molar-refractivity contribution >= 4 is 35.9 Å². The van der Waals surface area contributed by atoms with Gasteiger partial charge >= 0.3 is 12.1 Å². The van der Waals surface area contributed by atoms with E-state index in [0.717, 1.165) is 11.0 Å². The zero-order valence-electron chi connectivity index (χ0n) is 18.1. The molecule has 0 radical (unpaired) electrons. The molecule has 2 bridgehead atoms. The van der Waals surface area contributed by atoms with Crippen LogP contribution in [0.1, 0.15) is 25.0 Å². The number of alkyl halides is 3. The van der Waals surface area contributed by atoms with E-state index in [9.17, 15) is 27.6 Å². The summed E-state index contributed by atoms with van der Waals surface area (Å²) in [7, 11) is 2.84. The van der Waals surface area contributed by atoms with E-state index in [2.05, 4.69) is 5.32 Å². The normalized spacial score (nSPS) is 35.7. The number of anilines is 1. The van der Waals surface area contributed by atoms with E-state index < -0.39 is 64.5 Å². The first-order valence-corrected chi connectivity index (χ1v) is 9.83. The molecule has 1 N–H and O–H groups in total. The summed E-state index contributed by atoms with van der Waals surface area (Å²) >= 11 is 0. The monoisotopic (exact) mass is 476 g/mol. The van der Waals surface area contributed by atoms with Crippen LogP contribution in [0.2, 0.25) is 0 Å². The Balaban J connectivity index is 0.00000289. The number of carbonyl (C=O) groups is 3. The fraction of sp³-hybridized carbons (Fsp3) is 0.571. The zero-order chi connectivity index (χ0) is 23.1. The van der Waals surface area contributed by atoms with Crippen molar-refractivity contribution in [2.75, 3.05) is 19.1 Å². The van der Waals surface area contributed by atoms with Crippen LogP contribution in [0.3, 0.4) is 0 Å². The van der Waals surface area contributed by atoms with Gasteiger partial charge in [-0.15, -0.1) is 12.4 Å². The smallest absolute Gasteiger partial charge is 0.416 e. The number of fused-ring (bicyclic) bond motifs is 5. The molecule has 1 aromatic carbocycles. The molecular formula is C21H24ClF3N2O5. The van der Waals surface area contributed by atoms with E-state index in [1.54, 1.807) is 20.9 Å². The average molecular weight is 477 g/mol. The molecule has 3 aliphatic heterocycles. The van der Waals surface area contributed by atoms with Gasteiger partial charge in [0.2, 0.25) is 11.8 Å². The first-order chi connectivity index (χ1) is 14.3. The van der Waals surface area contributed by atoms with Gasteiger partial charge in [0, 0.05) is 0 Å². The van der Waals surface area contributed by atoms with Gasteiger partial charge in [0.05, 0.1) is 47.4 Å². The van der Waals surface area contributed by atoms with Crippen molar-refractivity contribution in [1.29, 1.82) is 0 Å². The molecule has 3 heterocycles. The quantitative estimate of drug-likeness (QED) is 0.533. The highest BCUT2D eigenvalue weighted by Gasteiger charge is 2.80. The molecule has 6 atom stereocenters. The molecule has 0 aliphatic carbocycles. The summed E-state index contributed by atoms with van der Waals surface area (Å²) in [4.78, 5) is 40.2. The SMILES string of the molecule is CN[C@@H]1[C@@H](C(=O)OC)C2(C)OC1(C)[C@H]1C(=O)N(c3ccc(C)c(C(F)(F)F)c3)C(=O)[C@H]12.Cl. The van der Waals surface area contributed by atoms with Gasteiger partial charge < -0.3 is 14.8 Å². The Morgan fingerprint density at radius 2 is 1.72 bits per heavy atom. The molecule has 2 amide bonds. The molecule has 3 aliphatic rings. The highest BCUT2D eigenvalue weighted by atomic mass is 35.5. The van der Waals surface area contributed by atoms with Crippen molar-refractivity contribution in [1.82, 2.24) is 5.32 Å². The molecular weight excluding hydrogens is 453 g/mol. The number of hydrogen-bond donors (Lipinski definition) is 1. The van der Waals surface area contributed by atoms with Gasteiger partial charge in [-0.3, -0.25) is 14.4 Å². The summed E-state index contributed by atoms with van der Waals surface area (Å²) in [5.41, 5.74) is -3.64. The third-order valence-electron chi connectivity index (χ3n) is 7.10. The van der Waals surface area contributed by atoms with Gasteiger partial charge in [0.15, 0.2) is 0 Å². The fourth-order valence-electron chi connectivity index (χ4n) is 5.86. The number of nitrogens with one attached hydrogen (secondary N) is 1. The summed E-state index contributed by atoms with van der Waals surface area (Å²) in [5.74, 6) is -4.73. The van der Waals surface area contributed by atoms with Crippen LogP contribution in [-0.4, -0.2) is 49.2 Å². The maximum atomic E-state index is 13.4. The van der Waals surface area contributed by atoms with E-state index in [0.29, 0.717) is 0 Å². The van der Waals surface area contributed by atoms with E-state index in [1.807, 2.05) is 0 Å². The lowest BCUT2D eigenvalue weighted by Gasteiger charge is -2.39.